The molecule has 1 atom stereocenters. The van der Waals surface area contributed by atoms with Crippen molar-refractivity contribution in [2.75, 3.05) is 18.4 Å². The molecule has 2 heterocycles. The zero-order valence-electron chi connectivity index (χ0n) is 15.2. The lowest BCUT2D eigenvalue weighted by molar-refractivity contribution is 0.184. The summed E-state index contributed by atoms with van der Waals surface area (Å²) in [6.07, 6.45) is 1.55. The molecule has 0 radical (unpaired) electrons. The van der Waals surface area contributed by atoms with Crippen molar-refractivity contribution in [3.63, 3.8) is 0 Å². The van der Waals surface area contributed by atoms with E-state index in [1.165, 1.54) is 6.07 Å². The quantitative estimate of drug-likeness (QED) is 0.581. The molecule has 1 saturated heterocycles. The zero-order chi connectivity index (χ0) is 20.4. The van der Waals surface area contributed by atoms with Crippen LogP contribution >= 0.6 is 15.9 Å². The lowest BCUT2D eigenvalue weighted by atomic mass is 9.98. The summed E-state index contributed by atoms with van der Waals surface area (Å²) in [7, 11) is 0. The Morgan fingerprint density at radius 1 is 1.21 bits per heavy atom. The molecule has 0 spiro atoms. The molecule has 0 saturated carbocycles. The maximum absolute atomic E-state index is 13.8. The van der Waals surface area contributed by atoms with Crippen LogP contribution in [0.3, 0.4) is 0 Å². The lowest BCUT2D eigenvalue weighted by Gasteiger charge is -2.31. The van der Waals surface area contributed by atoms with Crippen LogP contribution in [0, 0.1) is 11.6 Å². The van der Waals surface area contributed by atoms with Crippen molar-refractivity contribution in [1.82, 2.24) is 15.0 Å². The first-order valence-electron chi connectivity index (χ1n) is 9.10. The molecule has 4 rings (SSSR count). The van der Waals surface area contributed by atoms with Gasteiger partial charge >= 0.3 is 6.03 Å². The molecule has 1 aliphatic rings. The van der Waals surface area contributed by atoms with Crippen molar-refractivity contribution < 1.29 is 18.1 Å². The Morgan fingerprint density at radius 3 is 2.76 bits per heavy atom. The van der Waals surface area contributed by atoms with Crippen LogP contribution < -0.4 is 5.32 Å². The molecule has 1 aliphatic heterocycles. The SMILES string of the molecule is O=C(Nc1ccc(F)cc1F)N1CCCC(c2nc(-c3ccc(Br)cc3)no2)C1. The van der Waals surface area contributed by atoms with Gasteiger partial charge in [0.15, 0.2) is 0 Å². The van der Waals surface area contributed by atoms with Gasteiger partial charge in [0.05, 0.1) is 11.6 Å². The third-order valence-corrected chi connectivity index (χ3v) is 5.30. The molecule has 1 unspecified atom stereocenters. The van der Waals surface area contributed by atoms with Crippen molar-refractivity contribution in [3.05, 3.63) is 64.5 Å². The second-order valence-electron chi connectivity index (χ2n) is 6.80. The monoisotopic (exact) mass is 462 g/mol. The summed E-state index contributed by atoms with van der Waals surface area (Å²) >= 11 is 3.39. The number of carbonyl (C=O) groups is 1. The Balaban J connectivity index is 1.44. The zero-order valence-corrected chi connectivity index (χ0v) is 16.8. The lowest BCUT2D eigenvalue weighted by Crippen LogP contribution is -2.41. The third-order valence-electron chi connectivity index (χ3n) is 4.77. The summed E-state index contributed by atoms with van der Waals surface area (Å²) < 4.78 is 33.2. The molecule has 1 aromatic heterocycles. The Bertz CT molecular complexity index is 1030. The highest BCUT2D eigenvalue weighted by atomic mass is 79.9. The number of aromatic nitrogens is 2. The van der Waals surface area contributed by atoms with E-state index in [2.05, 4.69) is 31.4 Å². The number of piperidine rings is 1. The van der Waals surface area contributed by atoms with E-state index in [0.29, 0.717) is 24.8 Å². The molecule has 1 N–H and O–H groups in total. The van der Waals surface area contributed by atoms with Crippen LogP contribution in [0.4, 0.5) is 19.3 Å². The number of rotatable bonds is 3. The summed E-state index contributed by atoms with van der Waals surface area (Å²) in [5, 5.41) is 6.53. The van der Waals surface area contributed by atoms with Gasteiger partial charge in [-0.1, -0.05) is 21.1 Å². The first-order valence-corrected chi connectivity index (χ1v) is 9.89. The summed E-state index contributed by atoms with van der Waals surface area (Å²) in [5.74, 6) is -0.667. The molecular formula is C20H17BrF2N4O2. The number of carbonyl (C=O) groups excluding carboxylic acids is 1. The van der Waals surface area contributed by atoms with Crippen LogP contribution in [-0.4, -0.2) is 34.2 Å². The standard InChI is InChI=1S/C20H17BrF2N4O2/c21-14-5-3-12(4-6-14)18-25-19(29-26-18)13-2-1-9-27(11-13)20(28)24-17-8-7-15(22)10-16(17)23/h3-8,10,13H,1-2,9,11H2,(H,24,28). The van der Waals surface area contributed by atoms with Crippen LogP contribution in [0.5, 0.6) is 0 Å². The minimum absolute atomic E-state index is 0.0613. The second-order valence-corrected chi connectivity index (χ2v) is 7.72. The summed E-state index contributed by atoms with van der Waals surface area (Å²) in [6.45, 7) is 0.898. The largest absolute Gasteiger partial charge is 0.339 e. The van der Waals surface area contributed by atoms with Gasteiger partial charge in [-0.25, -0.2) is 13.6 Å². The van der Waals surface area contributed by atoms with Gasteiger partial charge < -0.3 is 14.7 Å². The summed E-state index contributed by atoms with van der Waals surface area (Å²) in [6, 6.07) is 10.1. The summed E-state index contributed by atoms with van der Waals surface area (Å²) in [5.41, 5.74) is 0.772. The van der Waals surface area contributed by atoms with Crippen molar-refractivity contribution >= 4 is 27.6 Å². The highest BCUT2D eigenvalue weighted by molar-refractivity contribution is 9.10. The average Bonchev–Trinajstić information content (AvgIpc) is 3.21. The number of nitrogens with zero attached hydrogens (tertiary/aromatic N) is 3. The Kier molecular flexibility index (Phi) is 5.57. The van der Waals surface area contributed by atoms with E-state index in [1.54, 1.807) is 4.90 Å². The number of hydrogen-bond donors (Lipinski definition) is 1. The highest BCUT2D eigenvalue weighted by Crippen LogP contribution is 2.28. The van der Waals surface area contributed by atoms with Crippen molar-refractivity contribution in [2.24, 2.45) is 0 Å². The fourth-order valence-electron chi connectivity index (χ4n) is 3.27. The van der Waals surface area contributed by atoms with Gasteiger partial charge in [0.25, 0.3) is 0 Å². The average molecular weight is 463 g/mol. The van der Waals surface area contributed by atoms with E-state index in [4.69, 9.17) is 4.52 Å². The highest BCUT2D eigenvalue weighted by Gasteiger charge is 2.29. The number of nitrogens with one attached hydrogen (secondary N) is 1. The van der Waals surface area contributed by atoms with Gasteiger partial charge in [-0.05, 0) is 49.2 Å². The van der Waals surface area contributed by atoms with Crippen molar-refractivity contribution in [1.29, 1.82) is 0 Å². The molecule has 29 heavy (non-hydrogen) atoms. The van der Waals surface area contributed by atoms with Crippen LogP contribution in [-0.2, 0) is 0 Å². The minimum Gasteiger partial charge on any atom is -0.339 e. The maximum atomic E-state index is 13.8. The number of hydrogen-bond acceptors (Lipinski definition) is 4. The molecule has 0 aliphatic carbocycles. The smallest absolute Gasteiger partial charge is 0.321 e. The van der Waals surface area contributed by atoms with Gasteiger partial charge in [-0.2, -0.15) is 4.98 Å². The Hall–Kier alpha value is -2.81. The fourth-order valence-corrected chi connectivity index (χ4v) is 3.53. The van der Waals surface area contributed by atoms with E-state index in [1.807, 2.05) is 24.3 Å². The molecular weight excluding hydrogens is 446 g/mol. The van der Waals surface area contributed by atoms with E-state index < -0.39 is 17.7 Å². The molecule has 0 bridgehead atoms. The molecule has 150 valence electrons. The Morgan fingerprint density at radius 2 is 2.00 bits per heavy atom. The molecule has 9 heteroatoms. The van der Waals surface area contributed by atoms with E-state index in [9.17, 15) is 13.6 Å². The van der Waals surface area contributed by atoms with Gasteiger partial charge in [-0.15, -0.1) is 0 Å². The third kappa shape index (κ3) is 4.45. The summed E-state index contributed by atoms with van der Waals surface area (Å²) in [4.78, 5) is 18.6. The predicted molar refractivity (Wildman–Crippen MR) is 106 cm³/mol. The van der Waals surface area contributed by atoms with Crippen LogP contribution in [0.25, 0.3) is 11.4 Å². The topological polar surface area (TPSA) is 71.3 Å². The van der Waals surface area contributed by atoms with Crippen LogP contribution in [0.15, 0.2) is 51.5 Å². The van der Waals surface area contributed by atoms with Gasteiger partial charge in [-0.3, -0.25) is 0 Å². The first kappa shape index (κ1) is 19.5. The molecule has 2 aromatic carbocycles. The molecule has 3 aromatic rings. The van der Waals surface area contributed by atoms with Crippen molar-refractivity contribution in [2.45, 2.75) is 18.8 Å². The maximum Gasteiger partial charge on any atom is 0.321 e. The number of halogens is 3. The van der Waals surface area contributed by atoms with Crippen LogP contribution in [0.1, 0.15) is 24.7 Å². The van der Waals surface area contributed by atoms with E-state index in [-0.39, 0.29) is 11.6 Å². The second kappa shape index (κ2) is 8.28. The number of benzene rings is 2. The molecule has 2 amide bonds. The minimum atomic E-state index is -0.817. The normalized spacial score (nSPS) is 16.7. The Labute approximate surface area is 174 Å². The van der Waals surface area contributed by atoms with Gasteiger partial charge in [0.1, 0.15) is 11.6 Å². The predicted octanol–water partition coefficient (Wildman–Crippen LogP) is 5.19. The first-order chi connectivity index (χ1) is 14.0. The number of anilines is 1. The van der Waals surface area contributed by atoms with Crippen molar-refractivity contribution in [3.8, 4) is 11.4 Å². The van der Waals surface area contributed by atoms with Gasteiger partial charge in [0.2, 0.25) is 11.7 Å². The molecule has 6 nitrogen and oxygen atoms in total. The number of urea groups is 1. The number of amides is 2. The fraction of sp³-hybridized carbons (Fsp3) is 0.250. The molecule has 1 fully saturated rings. The van der Waals surface area contributed by atoms with E-state index in [0.717, 1.165) is 35.0 Å². The number of likely N-dealkylation sites (tertiary alicyclic amines) is 1. The van der Waals surface area contributed by atoms with E-state index >= 15 is 0 Å². The van der Waals surface area contributed by atoms with Gasteiger partial charge in [0, 0.05) is 29.2 Å². The van der Waals surface area contributed by atoms with Crippen LogP contribution in [0.2, 0.25) is 0 Å².